The summed E-state index contributed by atoms with van der Waals surface area (Å²) in [4.78, 5) is 0. The van der Waals surface area contributed by atoms with Gasteiger partial charge >= 0.3 is 0 Å². The van der Waals surface area contributed by atoms with Crippen molar-refractivity contribution in [1.29, 1.82) is 5.26 Å². The van der Waals surface area contributed by atoms with Crippen molar-refractivity contribution in [2.75, 3.05) is 5.32 Å². The van der Waals surface area contributed by atoms with Crippen LogP contribution < -0.4 is 5.32 Å². The average molecular weight is 247 g/mol. The Morgan fingerprint density at radius 3 is 2.94 bits per heavy atom. The fraction of sp³-hybridized carbons (Fsp3) is 0.167. The van der Waals surface area contributed by atoms with Gasteiger partial charge < -0.3 is 5.32 Å². The number of rotatable bonds is 3. The first kappa shape index (κ1) is 11.5. The number of benzene rings is 1. The van der Waals surface area contributed by atoms with E-state index in [2.05, 4.69) is 21.6 Å². The summed E-state index contributed by atoms with van der Waals surface area (Å²) in [6.45, 7) is 2.01. The normalized spacial score (nSPS) is 11.8. The maximum absolute atomic E-state index is 8.88. The number of H-pyrrole nitrogens is 1. The molecular weight excluding hydrogens is 236 g/mol. The van der Waals surface area contributed by atoms with Crippen LogP contribution in [-0.2, 0) is 0 Å². The number of nitriles is 1. The van der Waals surface area contributed by atoms with Crippen LogP contribution in [0.15, 0.2) is 30.5 Å². The van der Waals surface area contributed by atoms with E-state index >= 15 is 0 Å². The molecule has 0 radical (unpaired) electrons. The van der Waals surface area contributed by atoms with E-state index < -0.39 is 0 Å². The van der Waals surface area contributed by atoms with Crippen LogP contribution in [0.3, 0.4) is 0 Å². The molecule has 0 amide bonds. The summed E-state index contributed by atoms with van der Waals surface area (Å²) in [6.07, 6.45) is 1.70. The van der Waals surface area contributed by atoms with E-state index in [9.17, 15) is 0 Å². The molecule has 86 valence electrons. The summed E-state index contributed by atoms with van der Waals surface area (Å²) in [6, 6.07) is 9.33. The van der Waals surface area contributed by atoms with Gasteiger partial charge in [-0.25, -0.2) is 0 Å². The highest BCUT2D eigenvalue weighted by atomic mass is 35.5. The van der Waals surface area contributed by atoms with Gasteiger partial charge in [-0.05, 0) is 31.2 Å². The van der Waals surface area contributed by atoms with Crippen LogP contribution in [0.4, 0.5) is 5.69 Å². The second-order valence-electron chi connectivity index (χ2n) is 3.68. The molecule has 2 N–H and O–H groups in total. The number of nitrogens with zero attached hydrogens (tertiary/aromatic N) is 2. The van der Waals surface area contributed by atoms with Crippen molar-refractivity contribution < 1.29 is 0 Å². The van der Waals surface area contributed by atoms with Gasteiger partial charge in [-0.1, -0.05) is 11.6 Å². The first-order valence-corrected chi connectivity index (χ1v) is 5.54. The predicted molar refractivity (Wildman–Crippen MR) is 66.8 cm³/mol. The lowest BCUT2D eigenvalue weighted by Crippen LogP contribution is -2.07. The van der Waals surface area contributed by atoms with Crippen LogP contribution in [0.25, 0.3) is 0 Å². The molecule has 1 atom stereocenters. The Morgan fingerprint density at radius 1 is 1.47 bits per heavy atom. The minimum absolute atomic E-state index is 0.0882. The minimum Gasteiger partial charge on any atom is -0.377 e. The quantitative estimate of drug-likeness (QED) is 0.875. The van der Waals surface area contributed by atoms with E-state index in [1.165, 1.54) is 0 Å². The van der Waals surface area contributed by atoms with Crippen LogP contribution >= 0.6 is 11.6 Å². The zero-order valence-corrected chi connectivity index (χ0v) is 9.99. The van der Waals surface area contributed by atoms with Crippen molar-refractivity contribution in [1.82, 2.24) is 10.2 Å². The SMILES string of the molecule is CC(Nc1ccc(Cl)c(C#N)c1)c1ccn[nH]1. The second kappa shape index (κ2) is 4.89. The second-order valence-corrected chi connectivity index (χ2v) is 4.09. The average Bonchev–Trinajstić information content (AvgIpc) is 2.85. The molecule has 4 nitrogen and oxygen atoms in total. The molecule has 1 unspecified atom stereocenters. The smallest absolute Gasteiger partial charge is 0.101 e. The van der Waals surface area contributed by atoms with Crippen molar-refractivity contribution in [3.63, 3.8) is 0 Å². The van der Waals surface area contributed by atoms with Crippen molar-refractivity contribution in [3.8, 4) is 6.07 Å². The van der Waals surface area contributed by atoms with E-state index in [1.54, 1.807) is 18.3 Å². The van der Waals surface area contributed by atoms with Gasteiger partial charge in [0, 0.05) is 11.9 Å². The van der Waals surface area contributed by atoms with Gasteiger partial charge in [0.2, 0.25) is 0 Å². The third-order valence-corrected chi connectivity index (χ3v) is 2.79. The van der Waals surface area contributed by atoms with Gasteiger partial charge in [-0.2, -0.15) is 10.4 Å². The van der Waals surface area contributed by atoms with Crippen LogP contribution in [0.5, 0.6) is 0 Å². The molecule has 2 rings (SSSR count). The summed E-state index contributed by atoms with van der Waals surface area (Å²) in [7, 11) is 0. The van der Waals surface area contributed by atoms with Gasteiger partial charge in [0.15, 0.2) is 0 Å². The summed E-state index contributed by atoms with van der Waals surface area (Å²) in [5, 5.41) is 19.4. The van der Waals surface area contributed by atoms with Crippen molar-refractivity contribution in [3.05, 3.63) is 46.7 Å². The molecule has 0 fully saturated rings. The fourth-order valence-corrected chi connectivity index (χ4v) is 1.70. The molecular formula is C12H11ClN4. The summed E-state index contributed by atoms with van der Waals surface area (Å²) >= 11 is 5.87. The molecule has 1 aromatic carbocycles. The Morgan fingerprint density at radius 2 is 2.29 bits per heavy atom. The number of anilines is 1. The van der Waals surface area contributed by atoms with E-state index in [0.29, 0.717) is 10.6 Å². The molecule has 0 bridgehead atoms. The highest BCUT2D eigenvalue weighted by Crippen LogP contribution is 2.22. The first-order valence-electron chi connectivity index (χ1n) is 5.16. The summed E-state index contributed by atoms with van der Waals surface area (Å²) in [5.41, 5.74) is 2.31. The van der Waals surface area contributed by atoms with E-state index in [0.717, 1.165) is 11.4 Å². The molecule has 0 aliphatic carbocycles. The maximum Gasteiger partial charge on any atom is 0.101 e. The number of aromatic amines is 1. The van der Waals surface area contributed by atoms with E-state index in [1.807, 2.05) is 19.1 Å². The van der Waals surface area contributed by atoms with Gasteiger partial charge in [0.1, 0.15) is 6.07 Å². The Labute approximate surface area is 104 Å². The van der Waals surface area contributed by atoms with Gasteiger partial charge in [0.05, 0.1) is 22.3 Å². The molecule has 0 aliphatic heterocycles. The number of hydrogen-bond acceptors (Lipinski definition) is 3. The molecule has 0 saturated heterocycles. The third-order valence-electron chi connectivity index (χ3n) is 2.46. The zero-order chi connectivity index (χ0) is 12.3. The number of nitrogens with one attached hydrogen (secondary N) is 2. The van der Waals surface area contributed by atoms with Crippen LogP contribution in [0.1, 0.15) is 24.2 Å². The van der Waals surface area contributed by atoms with E-state index in [-0.39, 0.29) is 6.04 Å². The molecule has 0 aliphatic rings. The molecule has 2 aromatic rings. The number of hydrogen-bond donors (Lipinski definition) is 2. The van der Waals surface area contributed by atoms with E-state index in [4.69, 9.17) is 16.9 Å². The van der Waals surface area contributed by atoms with Gasteiger partial charge in [-0.3, -0.25) is 5.10 Å². The lowest BCUT2D eigenvalue weighted by Gasteiger charge is -2.13. The summed E-state index contributed by atoms with van der Waals surface area (Å²) < 4.78 is 0. The molecule has 5 heteroatoms. The monoisotopic (exact) mass is 246 g/mol. The van der Waals surface area contributed by atoms with Gasteiger partial charge in [-0.15, -0.1) is 0 Å². The van der Waals surface area contributed by atoms with Crippen molar-refractivity contribution in [2.24, 2.45) is 0 Å². The standard InChI is InChI=1S/C12H11ClN4/c1-8(12-4-5-15-17-12)16-10-2-3-11(13)9(6-10)7-14/h2-6,8,16H,1H3,(H,15,17). The largest absolute Gasteiger partial charge is 0.377 e. The highest BCUT2D eigenvalue weighted by Gasteiger charge is 2.07. The predicted octanol–water partition coefficient (Wildman–Crippen LogP) is 3.11. The highest BCUT2D eigenvalue weighted by molar-refractivity contribution is 6.31. The maximum atomic E-state index is 8.88. The molecule has 1 aromatic heterocycles. The van der Waals surface area contributed by atoms with Crippen LogP contribution in [0, 0.1) is 11.3 Å². The Hall–Kier alpha value is -1.99. The molecule has 0 saturated carbocycles. The zero-order valence-electron chi connectivity index (χ0n) is 9.24. The summed E-state index contributed by atoms with van der Waals surface area (Å²) in [5.74, 6) is 0. The molecule has 1 heterocycles. The van der Waals surface area contributed by atoms with Gasteiger partial charge in [0.25, 0.3) is 0 Å². The lowest BCUT2D eigenvalue weighted by molar-refractivity contribution is 0.825. The van der Waals surface area contributed by atoms with Crippen molar-refractivity contribution in [2.45, 2.75) is 13.0 Å². The molecule has 17 heavy (non-hydrogen) atoms. The first-order chi connectivity index (χ1) is 8.20. The third kappa shape index (κ3) is 2.58. The van der Waals surface area contributed by atoms with Crippen LogP contribution in [0.2, 0.25) is 5.02 Å². The number of halogens is 1. The minimum atomic E-state index is 0.0882. The Bertz CT molecular complexity index is 542. The van der Waals surface area contributed by atoms with Crippen LogP contribution in [-0.4, -0.2) is 10.2 Å². The fourth-order valence-electron chi connectivity index (χ4n) is 1.54. The Balaban J connectivity index is 2.17. The molecule has 0 spiro atoms. The van der Waals surface area contributed by atoms with Crippen molar-refractivity contribution >= 4 is 17.3 Å². The topological polar surface area (TPSA) is 64.5 Å². The Kier molecular flexibility index (Phi) is 3.31. The number of aromatic nitrogens is 2. The lowest BCUT2D eigenvalue weighted by atomic mass is 10.2.